The largest absolute Gasteiger partial charge is 0.494 e. The molecule has 0 aliphatic carbocycles. The summed E-state index contributed by atoms with van der Waals surface area (Å²) in [6, 6.07) is 16.1. The second-order valence-corrected chi connectivity index (χ2v) is 11.5. The molecule has 0 saturated carbocycles. The molecule has 2 fully saturated rings. The minimum Gasteiger partial charge on any atom is -0.494 e. The fraction of sp³-hybridized carbons (Fsp3) is 0.424. The Morgan fingerprint density at radius 1 is 0.929 bits per heavy atom. The Balaban J connectivity index is 1.39. The van der Waals surface area contributed by atoms with Crippen LogP contribution in [0.5, 0.6) is 5.75 Å². The molecule has 3 amide bonds. The van der Waals surface area contributed by atoms with E-state index in [1.807, 2.05) is 92.7 Å². The van der Waals surface area contributed by atoms with Crippen LogP contribution in [0, 0.1) is 11.8 Å². The Morgan fingerprint density at radius 2 is 1.67 bits per heavy atom. The third-order valence-electron chi connectivity index (χ3n) is 8.87. The van der Waals surface area contributed by atoms with Crippen LogP contribution in [-0.2, 0) is 25.7 Å². The van der Waals surface area contributed by atoms with Gasteiger partial charge >= 0.3 is 0 Å². The van der Waals surface area contributed by atoms with E-state index in [-0.39, 0.29) is 30.9 Å². The first-order valence-electron chi connectivity index (χ1n) is 14.7. The van der Waals surface area contributed by atoms with E-state index in [1.54, 1.807) is 14.7 Å². The van der Waals surface area contributed by atoms with Crippen LogP contribution in [0.3, 0.4) is 0 Å². The average molecular weight is 572 g/mol. The second kappa shape index (κ2) is 11.0. The molecule has 2 aromatic rings. The van der Waals surface area contributed by atoms with Crippen molar-refractivity contribution in [2.24, 2.45) is 11.8 Å². The summed E-state index contributed by atoms with van der Waals surface area (Å²) in [5, 5.41) is 9.64. The van der Waals surface area contributed by atoms with Gasteiger partial charge in [0.25, 0.3) is 0 Å². The fourth-order valence-electron chi connectivity index (χ4n) is 7.12. The molecule has 1 spiro atoms. The van der Waals surface area contributed by atoms with Crippen LogP contribution in [0.15, 0.2) is 78.9 Å². The maximum atomic E-state index is 14.4. The molecule has 0 bridgehead atoms. The number of anilines is 1. The van der Waals surface area contributed by atoms with Gasteiger partial charge < -0.3 is 29.3 Å². The highest BCUT2D eigenvalue weighted by Crippen LogP contribution is 2.57. The molecule has 1 unspecified atom stereocenters. The zero-order valence-corrected chi connectivity index (χ0v) is 24.0. The number of carbonyl (C=O) groups is 3. The Kier molecular flexibility index (Phi) is 7.41. The van der Waals surface area contributed by atoms with Gasteiger partial charge in [-0.05, 0) is 50.1 Å². The molecule has 4 heterocycles. The van der Waals surface area contributed by atoms with Gasteiger partial charge in [-0.3, -0.25) is 14.4 Å². The summed E-state index contributed by atoms with van der Waals surface area (Å²) in [5.74, 6) is -1.79. The third kappa shape index (κ3) is 4.51. The Morgan fingerprint density at radius 3 is 2.38 bits per heavy atom. The number of aliphatic hydroxyl groups excluding tert-OH is 1. The lowest BCUT2D eigenvalue weighted by Gasteiger charge is -2.37. The third-order valence-corrected chi connectivity index (χ3v) is 8.87. The zero-order valence-electron chi connectivity index (χ0n) is 24.0. The van der Waals surface area contributed by atoms with Gasteiger partial charge in [-0.15, -0.1) is 0 Å². The SMILES string of the molecule is CCOc1ccc(N2CC=C[C@]3(C)O[C@]45C=CCN(Cc6ccccc6)C(=O)C4N(CCCO)C(=O)[C@@H]5[C@@H]3C2=O)cc1. The van der Waals surface area contributed by atoms with E-state index in [0.717, 1.165) is 5.56 Å². The van der Waals surface area contributed by atoms with Crippen LogP contribution in [0.1, 0.15) is 25.8 Å². The maximum absolute atomic E-state index is 14.4. The quantitative estimate of drug-likeness (QED) is 0.490. The molecule has 0 aromatic heterocycles. The van der Waals surface area contributed by atoms with Crippen molar-refractivity contribution in [1.82, 2.24) is 9.80 Å². The van der Waals surface area contributed by atoms with Gasteiger partial charge in [0.1, 0.15) is 17.4 Å². The van der Waals surface area contributed by atoms with E-state index in [1.165, 1.54) is 0 Å². The van der Waals surface area contributed by atoms with E-state index in [0.29, 0.717) is 44.1 Å². The number of aliphatic hydroxyl groups is 1. The number of hydrogen-bond donors (Lipinski definition) is 1. The molecule has 1 N–H and O–H groups in total. The second-order valence-electron chi connectivity index (χ2n) is 11.5. The molecule has 4 aliphatic rings. The number of carbonyl (C=O) groups excluding carboxylic acids is 3. The van der Waals surface area contributed by atoms with Crippen molar-refractivity contribution in [1.29, 1.82) is 0 Å². The molecule has 6 rings (SSSR count). The first kappa shape index (κ1) is 28.2. The molecule has 42 heavy (non-hydrogen) atoms. The monoisotopic (exact) mass is 571 g/mol. The Bertz CT molecular complexity index is 1410. The van der Waals surface area contributed by atoms with E-state index < -0.39 is 29.1 Å². The standard InChI is InChI=1S/C33H37N3O6/c1-3-41-25-14-12-24(13-15-25)35-19-7-16-32(2)26(29(35)38)27-30(39)36(20-9-21-37)28-31(40)34(18-8-17-33(27,28)42-32)22-23-10-5-4-6-11-23/h4-8,10-17,26-28,37H,3,9,18-22H2,1-2H3/t26-,27+,28?,32+,33+/m1/s1. The van der Waals surface area contributed by atoms with Crippen molar-refractivity contribution in [3.05, 3.63) is 84.5 Å². The number of likely N-dealkylation sites (tertiary alicyclic amines) is 1. The number of nitrogens with zero attached hydrogens (tertiary/aromatic N) is 3. The normalized spacial score (nSPS) is 30.2. The van der Waals surface area contributed by atoms with Crippen LogP contribution in [0.2, 0.25) is 0 Å². The van der Waals surface area contributed by atoms with Gasteiger partial charge in [0.15, 0.2) is 0 Å². The van der Waals surface area contributed by atoms with Crippen molar-refractivity contribution in [2.45, 2.75) is 44.1 Å². The summed E-state index contributed by atoms with van der Waals surface area (Å²) in [4.78, 5) is 48.1. The smallest absolute Gasteiger partial charge is 0.249 e. The first-order valence-corrected chi connectivity index (χ1v) is 14.7. The number of hydrogen-bond acceptors (Lipinski definition) is 6. The van der Waals surface area contributed by atoms with Gasteiger partial charge in [-0.1, -0.05) is 54.6 Å². The summed E-state index contributed by atoms with van der Waals surface area (Å²) in [6.07, 6.45) is 7.84. The van der Waals surface area contributed by atoms with Gasteiger partial charge in [-0.25, -0.2) is 0 Å². The summed E-state index contributed by atoms with van der Waals surface area (Å²) in [7, 11) is 0. The first-order chi connectivity index (χ1) is 20.3. The number of benzene rings is 2. The predicted octanol–water partition coefficient (Wildman–Crippen LogP) is 2.94. The van der Waals surface area contributed by atoms with Crippen LogP contribution in [-0.4, -0.2) is 82.7 Å². The topological polar surface area (TPSA) is 99.6 Å². The summed E-state index contributed by atoms with van der Waals surface area (Å²) in [6.45, 7) is 5.43. The van der Waals surface area contributed by atoms with E-state index in [9.17, 15) is 19.5 Å². The van der Waals surface area contributed by atoms with Crippen molar-refractivity contribution >= 4 is 23.4 Å². The molecule has 0 radical (unpaired) electrons. The molecule has 9 heteroatoms. The fourth-order valence-corrected chi connectivity index (χ4v) is 7.12. The van der Waals surface area contributed by atoms with Gasteiger partial charge in [0.05, 0.1) is 24.0 Å². The molecule has 220 valence electrons. The predicted molar refractivity (Wildman–Crippen MR) is 157 cm³/mol. The van der Waals surface area contributed by atoms with Gasteiger partial charge in [0.2, 0.25) is 17.7 Å². The lowest BCUT2D eigenvalue weighted by Crippen LogP contribution is -2.55. The lowest BCUT2D eigenvalue weighted by molar-refractivity contribution is -0.151. The summed E-state index contributed by atoms with van der Waals surface area (Å²) in [5.41, 5.74) is -0.751. The molecular weight excluding hydrogens is 534 g/mol. The van der Waals surface area contributed by atoms with Crippen molar-refractivity contribution < 1.29 is 29.0 Å². The molecular formula is C33H37N3O6. The molecule has 2 saturated heterocycles. The van der Waals surface area contributed by atoms with Crippen LogP contribution in [0.4, 0.5) is 5.69 Å². The highest BCUT2D eigenvalue weighted by molar-refractivity contribution is 6.04. The molecule has 4 aliphatic heterocycles. The number of fused-ring (bicyclic) bond motifs is 2. The highest BCUT2D eigenvalue weighted by Gasteiger charge is 2.74. The zero-order chi connectivity index (χ0) is 29.5. The van der Waals surface area contributed by atoms with Gasteiger partial charge in [-0.2, -0.15) is 0 Å². The van der Waals surface area contributed by atoms with E-state index >= 15 is 0 Å². The minimum absolute atomic E-state index is 0.124. The Labute approximate surface area is 246 Å². The van der Waals surface area contributed by atoms with Crippen LogP contribution < -0.4 is 9.64 Å². The number of rotatable bonds is 8. The van der Waals surface area contributed by atoms with Crippen molar-refractivity contribution in [3.8, 4) is 5.75 Å². The molecule has 9 nitrogen and oxygen atoms in total. The minimum atomic E-state index is -1.32. The average Bonchev–Trinajstić information content (AvgIpc) is 3.26. The lowest BCUT2D eigenvalue weighted by atomic mass is 9.74. The maximum Gasteiger partial charge on any atom is 0.249 e. The number of ether oxygens (including phenoxy) is 2. The summed E-state index contributed by atoms with van der Waals surface area (Å²) >= 11 is 0. The van der Waals surface area contributed by atoms with Crippen LogP contribution in [0.25, 0.3) is 0 Å². The van der Waals surface area contributed by atoms with Crippen molar-refractivity contribution in [3.63, 3.8) is 0 Å². The van der Waals surface area contributed by atoms with E-state index in [4.69, 9.17) is 9.47 Å². The summed E-state index contributed by atoms with van der Waals surface area (Å²) < 4.78 is 12.4. The Hall–Kier alpha value is -3.95. The van der Waals surface area contributed by atoms with Gasteiger partial charge in [0, 0.05) is 38.5 Å². The highest BCUT2D eigenvalue weighted by atomic mass is 16.5. The van der Waals surface area contributed by atoms with E-state index in [2.05, 4.69) is 0 Å². The van der Waals surface area contributed by atoms with Crippen molar-refractivity contribution in [2.75, 3.05) is 37.7 Å². The molecule has 2 aromatic carbocycles. The van der Waals surface area contributed by atoms with Crippen LogP contribution >= 0.6 is 0 Å². The molecule has 5 atom stereocenters. The number of amides is 3.